The van der Waals surface area contributed by atoms with Gasteiger partial charge < -0.3 is 15.3 Å². The van der Waals surface area contributed by atoms with Gasteiger partial charge >= 0.3 is 0 Å². The third-order valence-electron chi connectivity index (χ3n) is 9.65. The zero-order chi connectivity index (χ0) is 36.0. The summed E-state index contributed by atoms with van der Waals surface area (Å²) in [6.45, 7) is 4.86. The molecule has 0 aliphatic heterocycles. The lowest BCUT2D eigenvalue weighted by atomic mass is 9.91. The van der Waals surface area contributed by atoms with Crippen LogP contribution in [0.2, 0.25) is 0 Å². The molecule has 0 bridgehead atoms. The van der Waals surface area contributed by atoms with Gasteiger partial charge in [0.2, 0.25) is 0 Å². The first kappa shape index (κ1) is 47.7. The molecule has 0 aromatic heterocycles. The van der Waals surface area contributed by atoms with Crippen LogP contribution >= 0.6 is 0 Å². The molecule has 0 amide bonds. The van der Waals surface area contributed by atoms with Gasteiger partial charge in [0.15, 0.2) is 6.29 Å². The fraction of sp³-hybridized carbons (Fsp3) is 0.860. The molecule has 0 heterocycles. The quantitative estimate of drug-likeness (QED) is 0.0337. The van der Waals surface area contributed by atoms with Crippen molar-refractivity contribution >= 4 is 11.6 Å². The van der Waals surface area contributed by atoms with E-state index in [1.54, 1.807) is 4.90 Å². The molecule has 49 heavy (non-hydrogen) atoms. The molecule has 0 radical (unpaired) electrons. The molecule has 0 aliphatic rings. The summed E-state index contributed by atoms with van der Waals surface area (Å²) < 4.78 is 0. The average molecular weight is 692 g/mol. The number of hydrogen-bond acceptors (Lipinski definition) is 6. The molecule has 0 saturated heterocycles. The largest absolute Gasteiger partial charge is 0.395 e. The van der Waals surface area contributed by atoms with E-state index < -0.39 is 12.2 Å². The molecule has 1 atom stereocenters. The Labute approximate surface area is 303 Å². The van der Waals surface area contributed by atoms with Crippen LogP contribution in [0.4, 0.5) is 0 Å². The van der Waals surface area contributed by atoms with Gasteiger partial charge in [0, 0.05) is 44.8 Å². The van der Waals surface area contributed by atoms with Crippen LogP contribution < -0.4 is 0 Å². The van der Waals surface area contributed by atoms with Crippen molar-refractivity contribution in [2.24, 2.45) is 5.92 Å². The van der Waals surface area contributed by atoms with Crippen molar-refractivity contribution in [3.8, 4) is 0 Å². The summed E-state index contributed by atoms with van der Waals surface area (Å²) in [7, 11) is 0. The van der Waals surface area contributed by atoms with E-state index >= 15 is 0 Å². The molecule has 1 unspecified atom stereocenters. The molecular formula is C43H81NO5. The average Bonchev–Trinajstić information content (AvgIpc) is 3.07. The van der Waals surface area contributed by atoms with Crippen LogP contribution in [0.5, 0.6) is 0 Å². The second kappa shape index (κ2) is 37.9. The smallest absolute Gasteiger partial charge is 0.164 e. The van der Waals surface area contributed by atoms with E-state index in [2.05, 4.69) is 38.2 Å². The maximum absolute atomic E-state index is 13.3. The van der Waals surface area contributed by atoms with Gasteiger partial charge in [-0.25, -0.2) is 0 Å². The number of allylic oxidation sites excluding steroid dienone is 4. The summed E-state index contributed by atoms with van der Waals surface area (Å²) in [5, 5.41) is 28.5. The third-order valence-corrected chi connectivity index (χ3v) is 9.65. The predicted octanol–water partition coefficient (Wildman–Crippen LogP) is 10.8. The van der Waals surface area contributed by atoms with Crippen molar-refractivity contribution in [2.75, 3.05) is 26.2 Å². The molecule has 3 N–H and O–H groups in total. The second-order valence-electron chi connectivity index (χ2n) is 14.5. The number of unbranched alkanes of at least 4 members (excludes halogenated alkanes) is 22. The van der Waals surface area contributed by atoms with Crippen molar-refractivity contribution < 1.29 is 24.9 Å². The molecule has 6 nitrogen and oxygen atoms in total. The first-order valence-electron chi connectivity index (χ1n) is 21.0. The lowest BCUT2D eigenvalue weighted by Crippen LogP contribution is -2.40. The monoisotopic (exact) mass is 692 g/mol. The second-order valence-corrected chi connectivity index (χ2v) is 14.5. The van der Waals surface area contributed by atoms with Crippen molar-refractivity contribution in [3.63, 3.8) is 0 Å². The minimum atomic E-state index is -1.54. The van der Waals surface area contributed by atoms with Gasteiger partial charge in [-0.05, 0) is 64.2 Å². The maximum Gasteiger partial charge on any atom is 0.164 e. The van der Waals surface area contributed by atoms with Gasteiger partial charge in [-0.3, -0.25) is 14.5 Å². The highest BCUT2D eigenvalue weighted by atomic mass is 16.5. The molecule has 0 aromatic carbocycles. The van der Waals surface area contributed by atoms with Crippen LogP contribution in [-0.4, -0.2) is 64.3 Å². The number of aliphatic hydroxyl groups is 3. The van der Waals surface area contributed by atoms with E-state index in [1.165, 1.54) is 116 Å². The number of rotatable bonds is 39. The highest BCUT2D eigenvalue weighted by Gasteiger charge is 2.24. The van der Waals surface area contributed by atoms with Crippen LogP contribution in [0.15, 0.2) is 24.3 Å². The molecule has 6 heteroatoms. The van der Waals surface area contributed by atoms with Gasteiger partial charge in [-0.1, -0.05) is 141 Å². The van der Waals surface area contributed by atoms with Crippen molar-refractivity contribution in [2.45, 2.75) is 206 Å². The van der Waals surface area contributed by atoms with E-state index in [0.717, 1.165) is 51.4 Å². The number of nitrogens with zero attached hydrogens (tertiary/aromatic N) is 1. The topological polar surface area (TPSA) is 98.1 Å². The summed E-state index contributed by atoms with van der Waals surface area (Å²) in [6.07, 6.45) is 40.5. The van der Waals surface area contributed by atoms with E-state index in [4.69, 9.17) is 0 Å². The Bertz CT molecular complexity index is 780. The van der Waals surface area contributed by atoms with E-state index in [-0.39, 0.29) is 44.2 Å². The van der Waals surface area contributed by atoms with Gasteiger partial charge in [0.1, 0.15) is 11.6 Å². The Balaban J connectivity index is 4.30. The van der Waals surface area contributed by atoms with Crippen LogP contribution in [0, 0.1) is 5.92 Å². The third kappa shape index (κ3) is 34.9. The fourth-order valence-corrected chi connectivity index (χ4v) is 6.57. The number of carbonyl (C=O) groups excluding carboxylic acids is 2. The molecule has 0 spiro atoms. The Morgan fingerprint density at radius 1 is 0.531 bits per heavy atom. The Morgan fingerprint density at radius 3 is 1.33 bits per heavy atom. The van der Waals surface area contributed by atoms with Gasteiger partial charge in [-0.2, -0.15) is 0 Å². The summed E-state index contributed by atoms with van der Waals surface area (Å²) in [4.78, 5) is 27.9. The number of aliphatic hydroxyl groups excluding tert-OH is 2. The summed E-state index contributed by atoms with van der Waals surface area (Å²) >= 11 is 0. The van der Waals surface area contributed by atoms with Gasteiger partial charge in [-0.15, -0.1) is 0 Å². The number of hydrogen-bond donors (Lipinski definition) is 3. The zero-order valence-electron chi connectivity index (χ0n) is 32.4. The summed E-state index contributed by atoms with van der Waals surface area (Å²) in [5.74, 6) is -0.252. The van der Waals surface area contributed by atoms with E-state index in [0.29, 0.717) is 12.8 Å². The van der Waals surface area contributed by atoms with Crippen LogP contribution in [0.25, 0.3) is 0 Å². The Morgan fingerprint density at radius 2 is 0.918 bits per heavy atom. The first-order chi connectivity index (χ1) is 23.9. The Kier molecular flexibility index (Phi) is 36.9. The zero-order valence-corrected chi connectivity index (χ0v) is 32.4. The van der Waals surface area contributed by atoms with Crippen molar-refractivity contribution in [1.29, 1.82) is 0 Å². The lowest BCUT2D eigenvalue weighted by Gasteiger charge is -2.26. The highest BCUT2D eigenvalue weighted by Crippen LogP contribution is 2.18. The van der Waals surface area contributed by atoms with E-state index in [1.807, 2.05) is 0 Å². The minimum absolute atomic E-state index is 0.0415. The number of ketones is 2. The molecule has 288 valence electrons. The van der Waals surface area contributed by atoms with Crippen molar-refractivity contribution in [3.05, 3.63) is 24.3 Å². The molecule has 0 saturated carbocycles. The van der Waals surface area contributed by atoms with E-state index in [9.17, 15) is 24.9 Å². The standard InChI is InChI=1S/C43H81NO5/c1-3-5-7-9-11-13-15-17-19-21-23-25-27-29-31-33-41(46)37-40(38-44(35-36-45)39-43(48)49)42(47)34-32-30-28-26-24-22-20-18-16-14-12-10-8-6-4-2/h17-20,40,43,45,48-49H,3-16,21-39H2,1-2H3/b19-17-,20-18-. The predicted molar refractivity (Wildman–Crippen MR) is 209 cm³/mol. The fourth-order valence-electron chi connectivity index (χ4n) is 6.57. The highest BCUT2D eigenvalue weighted by molar-refractivity contribution is 5.88. The van der Waals surface area contributed by atoms with Gasteiger partial charge in [0.05, 0.1) is 6.61 Å². The van der Waals surface area contributed by atoms with Crippen LogP contribution in [0.1, 0.15) is 200 Å². The first-order valence-corrected chi connectivity index (χ1v) is 21.0. The van der Waals surface area contributed by atoms with Crippen LogP contribution in [-0.2, 0) is 9.59 Å². The SMILES string of the molecule is CCCCCCCC/C=C\CCCCCCCC(=O)CC(CN(CCO)CC(O)O)C(=O)CCCCCCC/C=C\CCCCCCCC. The lowest BCUT2D eigenvalue weighted by molar-refractivity contribution is -0.129. The number of Topliss-reactive ketones (excluding diaryl/α,β-unsaturated/α-hetero) is 2. The molecule has 0 rings (SSSR count). The molecule has 0 aromatic rings. The van der Waals surface area contributed by atoms with Crippen LogP contribution in [0.3, 0.4) is 0 Å². The Hall–Kier alpha value is -1.34. The molecule has 0 fully saturated rings. The summed E-state index contributed by atoms with van der Waals surface area (Å²) in [5.41, 5.74) is 0. The maximum atomic E-state index is 13.3. The number of carbonyl (C=O) groups is 2. The summed E-state index contributed by atoms with van der Waals surface area (Å²) in [6, 6.07) is 0. The van der Waals surface area contributed by atoms with Gasteiger partial charge in [0.25, 0.3) is 0 Å². The van der Waals surface area contributed by atoms with Crippen molar-refractivity contribution in [1.82, 2.24) is 4.90 Å². The normalized spacial score (nSPS) is 12.7. The molecule has 0 aliphatic carbocycles. The molecular weight excluding hydrogens is 610 g/mol. The minimum Gasteiger partial charge on any atom is -0.395 e.